The molecule has 0 heterocycles. The minimum absolute atomic E-state index is 0.126. The lowest BCUT2D eigenvalue weighted by molar-refractivity contribution is -0.136. The van der Waals surface area contributed by atoms with Gasteiger partial charge in [0.1, 0.15) is 11.5 Å². The zero-order valence-corrected chi connectivity index (χ0v) is 21.0. The molecule has 0 radical (unpaired) electrons. The average molecular weight is 776 g/mol. The predicted octanol–water partition coefficient (Wildman–Crippen LogP) is 5.92. The van der Waals surface area contributed by atoms with E-state index >= 15 is 0 Å². The Balaban J connectivity index is 2.28. The lowest BCUT2D eigenvalue weighted by Crippen LogP contribution is -2.00. The number of aryl methyl sites for hydroxylation is 1. The van der Waals surface area contributed by atoms with Gasteiger partial charge in [-0.05, 0) is 127 Å². The quantitative estimate of drug-likeness (QED) is 0.371. The monoisotopic (exact) mass is 776 g/mol. The van der Waals surface area contributed by atoms with Gasteiger partial charge in [-0.3, -0.25) is 4.79 Å². The summed E-state index contributed by atoms with van der Waals surface area (Å²) >= 11 is 8.89. The summed E-state index contributed by atoms with van der Waals surface area (Å²) in [5.41, 5.74) is 0.998. The summed E-state index contributed by atoms with van der Waals surface area (Å²) in [5, 5.41) is 8.82. The van der Waals surface area contributed by atoms with E-state index in [1.54, 1.807) is 7.11 Å². The SMILES string of the molecule is COc1c(I)cc(Oc2c(I)cc(CCC(=O)O)cc2I)cc1I. The molecule has 0 spiro atoms. The summed E-state index contributed by atoms with van der Waals surface area (Å²) in [4.78, 5) is 10.7. The van der Waals surface area contributed by atoms with Crippen LogP contribution in [-0.2, 0) is 11.2 Å². The highest BCUT2D eigenvalue weighted by atomic mass is 127. The number of ether oxygens (including phenoxy) is 2. The summed E-state index contributed by atoms with van der Waals surface area (Å²) in [5.74, 6) is 1.59. The number of benzene rings is 2. The molecular formula is C16H12I4O4. The molecular weight excluding hydrogens is 764 g/mol. The Bertz CT molecular complexity index is 731. The molecule has 0 amide bonds. The largest absolute Gasteiger partial charge is 0.495 e. The van der Waals surface area contributed by atoms with Crippen LogP contribution in [0.25, 0.3) is 0 Å². The molecule has 24 heavy (non-hydrogen) atoms. The number of halogens is 4. The molecule has 0 fully saturated rings. The lowest BCUT2D eigenvalue weighted by Gasteiger charge is -2.14. The van der Waals surface area contributed by atoms with Crippen LogP contribution in [0.15, 0.2) is 24.3 Å². The van der Waals surface area contributed by atoms with Gasteiger partial charge in [-0.2, -0.15) is 0 Å². The maximum atomic E-state index is 10.7. The molecule has 8 heteroatoms. The number of hydrogen-bond acceptors (Lipinski definition) is 3. The molecule has 0 saturated heterocycles. The molecule has 4 nitrogen and oxygen atoms in total. The minimum Gasteiger partial charge on any atom is -0.495 e. The van der Waals surface area contributed by atoms with E-state index in [4.69, 9.17) is 14.6 Å². The average Bonchev–Trinajstić information content (AvgIpc) is 2.48. The minimum atomic E-state index is -0.789. The number of carboxylic acid groups (broad SMARTS) is 1. The second kappa shape index (κ2) is 9.39. The molecule has 0 aliphatic rings. The van der Waals surface area contributed by atoms with E-state index < -0.39 is 5.97 Å². The Hall–Kier alpha value is 0.430. The second-order valence-corrected chi connectivity index (χ2v) is 9.45. The van der Waals surface area contributed by atoms with Gasteiger partial charge >= 0.3 is 5.97 Å². The Kier molecular flexibility index (Phi) is 8.11. The standard InChI is InChI=1S/C16H12I4O4/c1-23-15-12(19)6-9(7-13(15)20)24-16-10(17)4-8(5-11(16)18)2-3-14(21)22/h4-7H,2-3H2,1H3,(H,21,22). The van der Waals surface area contributed by atoms with Crippen molar-refractivity contribution in [3.63, 3.8) is 0 Å². The Morgan fingerprint density at radius 3 is 1.92 bits per heavy atom. The number of methoxy groups -OCH3 is 1. The molecule has 2 rings (SSSR count). The first kappa shape index (κ1) is 20.7. The molecule has 2 aromatic rings. The van der Waals surface area contributed by atoms with Crippen molar-refractivity contribution in [3.8, 4) is 17.2 Å². The van der Waals surface area contributed by atoms with Crippen molar-refractivity contribution < 1.29 is 19.4 Å². The van der Waals surface area contributed by atoms with Gasteiger partial charge < -0.3 is 14.6 Å². The molecule has 0 saturated carbocycles. The lowest BCUT2D eigenvalue weighted by atomic mass is 10.1. The van der Waals surface area contributed by atoms with Gasteiger partial charge in [-0.25, -0.2) is 0 Å². The number of carbonyl (C=O) groups is 1. The van der Waals surface area contributed by atoms with E-state index in [9.17, 15) is 4.79 Å². The van der Waals surface area contributed by atoms with E-state index in [0.29, 0.717) is 6.42 Å². The van der Waals surface area contributed by atoms with Gasteiger partial charge in [0, 0.05) is 6.42 Å². The fourth-order valence-electron chi connectivity index (χ4n) is 2.01. The third-order valence-corrected chi connectivity index (χ3v) is 6.29. The van der Waals surface area contributed by atoms with Gasteiger partial charge in [0.25, 0.3) is 0 Å². The molecule has 128 valence electrons. The van der Waals surface area contributed by atoms with Gasteiger partial charge in [0.2, 0.25) is 0 Å². The van der Waals surface area contributed by atoms with Crippen molar-refractivity contribution in [3.05, 3.63) is 44.1 Å². The van der Waals surface area contributed by atoms with Crippen LogP contribution in [0, 0.1) is 14.3 Å². The van der Waals surface area contributed by atoms with Crippen LogP contribution in [0.3, 0.4) is 0 Å². The maximum Gasteiger partial charge on any atom is 0.303 e. The number of hydrogen-bond donors (Lipinski definition) is 1. The second-order valence-electron chi connectivity index (χ2n) is 4.80. The maximum absolute atomic E-state index is 10.7. The number of rotatable bonds is 6. The molecule has 0 aliphatic carbocycles. The van der Waals surface area contributed by atoms with E-state index in [1.807, 2.05) is 24.3 Å². The molecule has 0 aromatic heterocycles. The zero-order chi connectivity index (χ0) is 17.9. The predicted molar refractivity (Wildman–Crippen MR) is 126 cm³/mol. The van der Waals surface area contributed by atoms with Gasteiger partial charge in [0.15, 0.2) is 5.75 Å². The highest BCUT2D eigenvalue weighted by Crippen LogP contribution is 2.37. The van der Waals surface area contributed by atoms with Crippen LogP contribution >= 0.6 is 90.4 Å². The topological polar surface area (TPSA) is 55.8 Å². The van der Waals surface area contributed by atoms with E-state index in [1.165, 1.54) is 0 Å². The fourth-order valence-corrected chi connectivity index (χ4v) is 6.28. The number of carboxylic acids is 1. The van der Waals surface area contributed by atoms with Crippen LogP contribution in [0.1, 0.15) is 12.0 Å². The fraction of sp³-hybridized carbons (Fsp3) is 0.188. The van der Waals surface area contributed by atoms with Crippen LogP contribution in [0.4, 0.5) is 0 Å². The summed E-state index contributed by atoms with van der Waals surface area (Å²) in [6.45, 7) is 0. The number of aliphatic carboxylic acids is 1. The Morgan fingerprint density at radius 1 is 0.958 bits per heavy atom. The van der Waals surface area contributed by atoms with Crippen LogP contribution < -0.4 is 9.47 Å². The third kappa shape index (κ3) is 5.46. The van der Waals surface area contributed by atoms with Gasteiger partial charge in [-0.15, -0.1) is 0 Å². The summed E-state index contributed by atoms with van der Waals surface area (Å²) in [6.07, 6.45) is 0.640. The van der Waals surface area contributed by atoms with Gasteiger partial charge in [-0.1, -0.05) is 0 Å². The first-order valence-corrected chi connectivity index (χ1v) is 11.0. The summed E-state index contributed by atoms with van der Waals surface area (Å²) < 4.78 is 15.3. The first-order chi connectivity index (χ1) is 11.3. The van der Waals surface area contributed by atoms with Crippen molar-refractivity contribution in [2.45, 2.75) is 12.8 Å². The van der Waals surface area contributed by atoms with E-state index in [2.05, 4.69) is 90.4 Å². The van der Waals surface area contributed by atoms with Gasteiger partial charge in [0.05, 0.1) is 21.4 Å². The highest BCUT2D eigenvalue weighted by Gasteiger charge is 2.14. The van der Waals surface area contributed by atoms with Crippen LogP contribution in [-0.4, -0.2) is 18.2 Å². The Morgan fingerprint density at radius 2 is 1.46 bits per heavy atom. The first-order valence-electron chi connectivity index (χ1n) is 6.72. The van der Waals surface area contributed by atoms with Crippen molar-refractivity contribution in [1.29, 1.82) is 0 Å². The molecule has 0 aliphatic heterocycles. The molecule has 2 aromatic carbocycles. The molecule has 0 bridgehead atoms. The summed E-state index contributed by atoms with van der Waals surface area (Å²) in [7, 11) is 1.65. The van der Waals surface area contributed by atoms with E-state index in [0.717, 1.165) is 37.1 Å². The van der Waals surface area contributed by atoms with E-state index in [-0.39, 0.29) is 6.42 Å². The van der Waals surface area contributed by atoms with Crippen molar-refractivity contribution in [2.24, 2.45) is 0 Å². The Labute approximate surface area is 194 Å². The smallest absolute Gasteiger partial charge is 0.303 e. The van der Waals surface area contributed by atoms with Crippen molar-refractivity contribution in [2.75, 3.05) is 7.11 Å². The van der Waals surface area contributed by atoms with Crippen LogP contribution in [0.2, 0.25) is 0 Å². The molecule has 0 atom stereocenters. The third-order valence-electron chi connectivity index (χ3n) is 3.08. The highest BCUT2D eigenvalue weighted by molar-refractivity contribution is 14.1. The van der Waals surface area contributed by atoms with Crippen molar-refractivity contribution >= 4 is 96.3 Å². The summed E-state index contributed by atoms with van der Waals surface area (Å²) in [6, 6.07) is 7.82. The van der Waals surface area contributed by atoms with Crippen molar-refractivity contribution in [1.82, 2.24) is 0 Å². The molecule has 0 unspecified atom stereocenters. The van der Waals surface area contributed by atoms with Crippen LogP contribution in [0.5, 0.6) is 17.2 Å². The molecule has 1 N–H and O–H groups in total. The normalized spacial score (nSPS) is 10.5. The zero-order valence-electron chi connectivity index (χ0n) is 12.4.